The second-order valence-corrected chi connectivity index (χ2v) is 14.4. The van der Waals surface area contributed by atoms with E-state index in [4.69, 9.17) is 14.2 Å². The first kappa shape index (κ1) is 40.1. The Kier molecular flexibility index (Phi) is 13.7. The van der Waals surface area contributed by atoms with Gasteiger partial charge in [-0.05, 0) is 113 Å². The van der Waals surface area contributed by atoms with Gasteiger partial charge in [0.15, 0.2) is 0 Å². The van der Waals surface area contributed by atoms with Crippen molar-refractivity contribution in [1.82, 2.24) is 9.88 Å². The molecule has 0 saturated heterocycles. The first-order valence-corrected chi connectivity index (χ1v) is 17.7. The Hall–Kier alpha value is -5.70. The van der Waals surface area contributed by atoms with Crippen LogP contribution in [-0.4, -0.2) is 40.1 Å². The summed E-state index contributed by atoms with van der Waals surface area (Å²) in [6.07, 6.45) is 9.37. The molecule has 1 atom stereocenters. The predicted octanol–water partition coefficient (Wildman–Crippen LogP) is 8.85. The number of hydrogen-bond acceptors (Lipinski definition) is 7. The molecule has 4 aromatic rings. The van der Waals surface area contributed by atoms with Gasteiger partial charge in [0.1, 0.15) is 24.0 Å². The number of nitrogens with zero attached hydrogens (tertiary/aromatic N) is 1. The van der Waals surface area contributed by atoms with Gasteiger partial charge in [-0.15, -0.1) is 0 Å². The normalized spacial score (nSPS) is 11.8. The summed E-state index contributed by atoms with van der Waals surface area (Å²) in [4.78, 5) is 52.5. The zero-order chi connectivity index (χ0) is 38.7. The Morgan fingerprint density at radius 3 is 2.00 bits per heavy atom. The summed E-state index contributed by atoms with van der Waals surface area (Å²) in [5, 5.41) is 3.59. The SMILES string of the molecule is CC(=O)Oc1c(CC=C(C)C)cc(/C=C/C(=O)N[C@@H](Cc2cn(C(=O)OC(C)(C)C)c3ccccc23)C(=O)OCc2ccccc2)cc1CC=C(C)C. The van der Waals surface area contributed by atoms with Gasteiger partial charge in [0, 0.05) is 31.0 Å². The fourth-order valence-corrected chi connectivity index (χ4v) is 5.59. The lowest BCUT2D eigenvalue weighted by Crippen LogP contribution is -2.42. The highest BCUT2D eigenvalue weighted by molar-refractivity contribution is 5.96. The van der Waals surface area contributed by atoms with E-state index in [0.29, 0.717) is 29.7 Å². The smallest absolute Gasteiger partial charge is 0.419 e. The van der Waals surface area contributed by atoms with E-state index in [1.807, 2.05) is 88.4 Å². The quantitative estimate of drug-likeness (QED) is 0.0636. The van der Waals surface area contributed by atoms with E-state index in [9.17, 15) is 19.2 Å². The summed E-state index contributed by atoms with van der Waals surface area (Å²) in [5.74, 6) is -1.03. The summed E-state index contributed by atoms with van der Waals surface area (Å²) in [5.41, 5.74) is 5.94. The highest BCUT2D eigenvalue weighted by Crippen LogP contribution is 2.30. The van der Waals surface area contributed by atoms with Crippen molar-refractivity contribution in [2.45, 2.75) is 92.9 Å². The highest BCUT2D eigenvalue weighted by atomic mass is 16.6. The van der Waals surface area contributed by atoms with Crippen LogP contribution in [0.3, 0.4) is 0 Å². The minimum atomic E-state index is -1.08. The predicted molar refractivity (Wildman–Crippen MR) is 208 cm³/mol. The fourth-order valence-electron chi connectivity index (χ4n) is 5.59. The van der Waals surface area contributed by atoms with E-state index in [0.717, 1.165) is 38.8 Å². The molecule has 0 saturated carbocycles. The van der Waals surface area contributed by atoms with Gasteiger partial charge in [0.05, 0.1) is 5.52 Å². The van der Waals surface area contributed by atoms with Crippen molar-refractivity contribution >= 4 is 40.9 Å². The second kappa shape index (κ2) is 18.2. The Balaban J connectivity index is 1.67. The van der Waals surface area contributed by atoms with Crippen molar-refractivity contribution in [1.29, 1.82) is 0 Å². The minimum absolute atomic E-state index is 0.0269. The number of hydrogen-bond donors (Lipinski definition) is 1. The summed E-state index contributed by atoms with van der Waals surface area (Å²) >= 11 is 0. The number of para-hydroxylation sites is 1. The number of carbonyl (C=O) groups is 4. The van der Waals surface area contributed by atoms with Crippen LogP contribution in [0, 0.1) is 0 Å². The number of ether oxygens (including phenoxy) is 3. The Bertz CT molecular complexity index is 2000. The molecule has 0 unspecified atom stereocenters. The Morgan fingerprint density at radius 1 is 0.811 bits per heavy atom. The summed E-state index contributed by atoms with van der Waals surface area (Å²) in [6, 6.07) is 19.3. The monoisotopic (exact) mass is 718 g/mol. The molecule has 53 heavy (non-hydrogen) atoms. The molecular formula is C44H50N2O7. The third-order valence-corrected chi connectivity index (χ3v) is 8.03. The molecule has 9 heteroatoms. The molecule has 0 bridgehead atoms. The van der Waals surface area contributed by atoms with Crippen LogP contribution < -0.4 is 10.1 Å². The van der Waals surface area contributed by atoms with Crippen LogP contribution in [0.5, 0.6) is 5.75 Å². The van der Waals surface area contributed by atoms with Crippen LogP contribution in [0.4, 0.5) is 4.79 Å². The summed E-state index contributed by atoms with van der Waals surface area (Å²) in [7, 11) is 0. The topological polar surface area (TPSA) is 113 Å². The molecule has 4 rings (SSSR count). The van der Waals surface area contributed by atoms with Crippen LogP contribution in [0.2, 0.25) is 0 Å². The third-order valence-electron chi connectivity index (χ3n) is 8.03. The fraction of sp³-hybridized carbons (Fsp3) is 0.318. The van der Waals surface area contributed by atoms with Crippen molar-refractivity contribution in [2.75, 3.05) is 0 Å². The molecular weight excluding hydrogens is 668 g/mol. The number of allylic oxidation sites excluding steroid dienone is 4. The number of benzene rings is 3. The average Bonchev–Trinajstić information content (AvgIpc) is 3.46. The zero-order valence-corrected chi connectivity index (χ0v) is 31.9. The van der Waals surface area contributed by atoms with Gasteiger partial charge in [0.25, 0.3) is 0 Å². The van der Waals surface area contributed by atoms with Crippen LogP contribution >= 0.6 is 0 Å². The zero-order valence-electron chi connectivity index (χ0n) is 31.9. The van der Waals surface area contributed by atoms with E-state index in [2.05, 4.69) is 17.5 Å². The Morgan fingerprint density at radius 2 is 1.42 bits per heavy atom. The number of aromatic nitrogens is 1. The maximum Gasteiger partial charge on any atom is 0.419 e. The van der Waals surface area contributed by atoms with E-state index < -0.39 is 35.6 Å². The van der Waals surface area contributed by atoms with Crippen LogP contribution in [0.15, 0.2) is 102 Å². The minimum Gasteiger partial charge on any atom is -0.459 e. The van der Waals surface area contributed by atoms with Crippen molar-refractivity contribution in [2.24, 2.45) is 0 Å². The summed E-state index contributed by atoms with van der Waals surface area (Å²) in [6.45, 7) is 14.8. The van der Waals surface area contributed by atoms with Crippen molar-refractivity contribution in [3.8, 4) is 5.75 Å². The lowest BCUT2D eigenvalue weighted by molar-refractivity contribution is -0.148. The highest BCUT2D eigenvalue weighted by Gasteiger charge is 2.26. The van der Waals surface area contributed by atoms with Gasteiger partial charge in [-0.1, -0.05) is 71.8 Å². The van der Waals surface area contributed by atoms with Gasteiger partial charge >= 0.3 is 18.0 Å². The maximum absolute atomic E-state index is 13.7. The number of carbonyl (C=O) groups excluding carboxylic acids is 4. The molecule has 0 radical (unpaired) electrons. The molecule has 1 heterocycles. The van der Waals surface area contributed by atoms with E-state index in [1.54, 1.807) is 39.1 Å². The summed E-state index contributed by atoms with van der Waals surface area (Å²) < 4.78 is 18.5. The number of fused-ring (bicyclic) bond motifs is 1. The first-order chi connectivity index (χ1) is 25.1. The van der Waals surface area contributed by atoms with Gasteiger partial charge in [-0.3, -0.25) is 14.2 Å². The molecule has 0 fully saturated rings. The number of amides is 1. The third kappa shape index (κ3) is 12.2. The average molecular weight is 719 g/mol. The largest absolute Gasteiger partial charge is 0.459 e. The lowest BCUT2D eigenvalue weighted by Gasteiger charge is -2.19. The van der Waals surface area contributed by atoms with Gasteiger partial charge in [-0.2, -0.15) is 0 Å². The van der Waals surface area contributed by atoms with Gasteiger partial charge in [0.2, 0.25) is 5.91 Å². The molecule has 1 N–H and O–H groups in total. The second-order valence-electron chi connectivity index (χ2n) is 14.4. The molecule has 9 nitrogen and oxygen atoms in total. The van der Waals surface area contributed by atoms with E-state index >= 15 is 0 Å². The molecule has 1 amide bonds. The van der Waals surface area contributed by atoms with Crippen LogP contribution in [0.25, 0.3) is 17.0 Å². The number of esters is 2. The Labute approximate surface area is 312 Å². The molecule has 0 spiro atoms. The van der Waals surface area contributed by atoms with Crippen molar-refractivity contribution in [3.05, 3.63) is 130 Å². The van der Waals surface area contributed by atoms with E-state index in [1.165, 1.54) is 17.6 Å². The van der Waals surface area contributed by atoms with Crippen molar-refractivity contribution in [3.63, 3.8) is 0 Å². The molecule has 278 valence electrons. The standard InChI is InChI=1S/C44H50N2O7/c1-29(2)18-21-34-24-33(25-35(22-19-30(3)4)41(34)52-31(5)47)20-23-40(48)45-38(42(49)51-28-32-14-10-9-11-15-32)26-36-27-46(43(50)53-44(6,7)8)39-17-13-12-16-37(36)39/h9-20,23-25,27,38H,21-22,26,28H2,1-8H3,(H,45,48)/b23-20+/t38-/m0/s1. The molecule has 0 aliphatic heterocycles. The molecule has 0 aliphatic rings. The number of nitrogens with one attached hydrogen (secondary N) is 1. The number of rotatable bonds is 13. The maximum atomic E-state index is 13.7. The molecule has 0 aliphatic carbocycles. The van der Waals surface area contributed by atoms with Gasteiger partial charge in [-0.25, -0.2) is 9.59 Å². The molecule has 3 aromatic carbocycles. The molecule has 1 aromatic heterocycles. The lowest BCUT2D eigenvalue weighted by atomic mass is 9.98. The van der Waals surface area contributed by atoms with Crippen LogP contribution in [-0.2, 0) is 49.7 Å². The van der Waals surface area contributed by atoms with Crippen LogP contribution in [0.1, 0.15) is 83.2 Å². The van der Waals surface area contributed by atoms with Gasteiger partial charge < -0.3 is 19.5 Å². The van der Waals surface area contributed by atoms with Crippen molar-refractivity contribution < 1.29 is 33.4 Å². The first-order valence-electron chi connectivity index (χ1n) is 17.7. The van der Waals surface area contributed by atoms with E-state index in [-0.39, 0.29) is 13.0 Å².